The molecule has 0 fully saturated rings. The van der Waals surface area contributed by atoms with Gasteiger partial charge in [0.1, 0.15) is 5.75 Å². The molecule has 21 heavy (non-hydrogen) atoms. The minimum Gasteiger partial charge on any atom is -0.497 e. The van der Waals surface area contributed by atoms with Crippen molar-refractivity contribution < 1.29 is 4.74 Å². The Morgan fingerprint density at radius 2 is 1.76 bits per heavy atom. The molecular formula is C18H20N2O. The second kappa shape index (κ2) is 4.86. The van der Waals surface area contributed by atoms with Gasteiger partial charge in [-0.05, 0) is 40.8 Å². The Kier molecular flexibility index (Phi) is 2.98. The van der Waals surface area contributed by atoms with Gasteiger partial charge >= 0.3 is 0 Å². The third-order valence-corrected chi connectivity index (χ3v) is 4.89. The monoisotopic (exact) mass is 280 g/mol. The van der Waals surface area contributed by atoms with E-state index in [0.29, 0.717) is 6.04 Å². The number of hydrogen-bond acceptors (Lipinski definition) is 3. The van der Waals surface area contributed by atoms with Crippen LogP contribution in [0.4, 0.5) is 0 Å². The summed E-state index contributed by atoms with van der Waals surface area (Å²) in [6.45, 7) is 2.03. The molecule has 0 spiro atoms. The quantitative estimate of drug-likeness (QED) is 0.919. The van der Waals surface area contributed by atoms with Gasteiger partial charge in [0.2, 0.25) is 0 Å². The van der Waals surface area contributed by atoms with Crippen LogP contribution in [-0.2, 0) is 19.5 Å². The average Bonchev–Trinajstić information content (AvgIpc) is 3.08. The van der Waals surface area contributed by atoms with Crippen molar-refractivity contribution in [3.63, 3.8) is 0 Å². The summed E-state index contributed by atoms with van der Waals surface area (Å²) in [5.41, 5.74) is 12.0. The van der Waals surface area contributed by atoms with Crippen molar-refractivity contribution in [2.24, 2.45) is 5.73 Å². The second-order valence-electron chi connectivity index (χ2n) is 6.04. The maximum atomic E-state index is 6.53. The van der Waals surface area contributed by atoms with E-state index in [1.807, 2.05) is 6.07 Å². The zero-order valence-corrected chi connectivity index (χ0v) is 12.3. The van der Waals surface area contributed by atoms with Gasteiger partial charge in [-0.1, -0.05) is 30.3 Å². The summed E-state index contributed by atoms with van der Waals surface area (Å²) in [4.78, 5) is 2.52. The molecule has 108 valence electrons. The Hall–Kier alpha value is -1.84. The van der Waals surface area contributed by atoms with E-state index in [1.54, 1.807) is 7.11 Å². The van der Waals surface area contributed by atoms with Crippen molar-refractivity contribution in [3.05, 3.63) is 64.7 Å². The number of methoxy groups -OCH3 is 1. The van der Waals surface area contributed by atoms with Gasteiger partial charge in [-0.3, -0.25) is 4.90 Å². The van der Waals surface area contributed by atoms with E-state index in [0.717, 1.165) is 25.3 Å². The van der Waals surface area contributed by atoms with Gasteiger partial charge in [0, 0.05) is 25.2 Å². The summed E-state index contributed by atoms with van der Waals surface area (Å²) in [6, 6.07) is 15.5. The molecule has 2 aromatic rings. The maximum absolute atomic E-state index is 6.53. The van der Waals surface area contributed by atoms with Crippen molar-refractivity contribution in [3.8, 4) is 5.75 Å². The van der Waals surface area contributed by atoms with Gasteiger partial charge in [0.05, 0.1) is 7.11 Å². The molecule has 3 heteroatoms. The number of ether oxygens (including phenoxy) is 1. The van der Waals surface area contributed by atoms with Gasteiger partial charge in [-0.2, -0.15) is 0 Å². The molecule has 2 aromatic carbocycles. The van der Waals surface area contributed by atoms with Crippen molar-refractivity contribution >= 4 is 0 Å². The van der Waals surface area contributed by atoms with E-state index in [1.165, 1.54) is 22.3 Å². The van der Waals surface area contributed by atoms with E-state index in [4.69, 9.17) is 10.5 Å². The number of nitrogens with zero attached hydrogens (tertiary/aromatic N) is 1. The van der Waals surface area contributed by atoms with Crippen LogP contribution in [0.2, 0.25) is 0 Å². The lowest BCUT2D eigenvalue weighted by molar-refractivity contribution is 0.182. The molecule has 2 aliphatic rings. The summed E-state index contributed by atoms with van der Waals surface area (Å²) in [5, 5.41) is 0. The minimum atomic E-state index is 0.0735. The highest BCUT2D eigenvalue weighted by Crippen LogP contribution is 2.38. The van der Waals surface area contributed by atoms with Crippen molar-refractivity contribution in [1.29, 1.82) is 0 Å². The Balaban J connectivity index is 1.59. The standard InChI is InChI=1S/C18H20N2O/c1-21-15-7-6-12-8-17(18(19)16(12)9-15)20-10-13-4-2-3-5-14(13)11-20/h2-7,9,17-18H,8,10-11,19H2,1H3. The van der Waals surface area contributed by atoms with Crippen LogP contribution < -0.4 is 10.5 Å². The van der Waals surface area contributed by atoms with Crippen LogP contribution in [-0.4, -0.2) is 18.1 Å². The molecule has 0 aromatic heterocycles. The molecular weight excluding hydrogens is 260 g/mol. The van der Waals surface area contributed by atoms with Crippen LogP contribution in [0.1, 0.15) is 28.3 Å². The topological polar surface area (TPSA) is 38.5 Å². The van der Waals surface area contributed by atoms with Crippen LogP contribution in [0.5, 0.6) is 5.75 Å². The Morgan fingerprint density at radius 3 is 2.43 bits per heavy atom. The van der Waals surface area contributed by atoms with E-state index in [-0.39, 0.29) is 6.04 Å². The first-order valence-electron chi connectivity index (χ1n) is 7.49. The van der Waals surface area contributed by atoms with Crippen LogP contribution in [0.3, 0.4) is 0 Å². The SMILES string of the molecule is COc1ccc2c(c1)C(N)C(N1Cc3ccccc3C1)C2. The van der Waals surface area contributed by atoms with Crippen molar-refractivity contribution in [2.75, 3.05) is 7.11 Å². The molecule has 2 N–H and O–H groups in total. The second-order valence-corrected chi connectivity index (χ2v) is 6.04. The maximum Gasteiger partial charge on any atom is 0.119 e. The highest BCUT2D eigenvalue weighted by molar-refractivity contribution is 5.43. The highest BCUT2D eigenvalue weighted by atomic mass is 16.5. The summed E-state index contributed by atoms with van der Waals surface area (Å²) in [5.74, 6) is 0.898. The van der Waals surface area contributed by atoms with E-state index in [9.17, 15) is 0 Å². The van der Waals surface area contributed by atoms with E-state index < -0.39 is 0 Å². The van der Waals surface area contributed by atoms with Gasteiger partial charge < -0.3 is 10.5 Å². The third kappa shape index (κ3) is 2.04. The number of hydrogen-bond donors (Lipinski definition) is 1. The van der Waals surface area contributed by atoms with Gasteiger partial charge in [0.25, 0.3) is 0 Å². The predicted molar refractivity (Wildman–Crippen MR) is 83.1 cm³/mol. The fraction of sp³-hybridized carbons (Fsp3) is 0.333. The molecule has 2 atom stereocenters. The van der Waals surface area contributed by atoms with Crippen molar-refractivity contribution in [2.45, 2.75) is 31.6 Å². The summed E-state index contributed by atoms with van der Waals surface area (Å²) in [6.07, 6.45) is 1.04. The fourth-order valence-corrected chi connectivity index (χ4v) is 3.71. The van der Waals surface area contributed by atoms with Crippen LogP contribution in [0.15, 0.2) is 42.5 Å². The lowest BCUT2D eigenvalue weighted by Crippen LogP contribution is -2.37. The fourth-order valence-electron chi connectivity index (χ4n) is 3.71. The highest BCUT2D eigenvalue weighted by Gasteiger charge is 2.36. The largest absolute Gasteiger partial charge is 0.497 e. The molecule has 0 radical (unpaired) electrons. The molecule has 1 aliphatic carbocycles. The number of rotatable bonds is 2. The molecule has 0 saturated heterocycles. The van der Waals surface area contributed by atoms with Crippen LogP contribution in [0.25, 0.3) is 0 Å². The minimum absolute atomic E-state index is 0.0735. The first-order valence-corrected chi connectivity index (χ1v) is 7.49. The molecule has 4 rings (SSSR count). The van der Waals surface area contributed by atoms with Gasteiger partial charge in [-0.25, -0.2) is 0 Å². The molecule has 3 nitrogen and oxygen atoms in total. The predicted octanol–water partition coefficient (Wildman–Crippen LogP) is 2.64. The van der Waals surface area contributed by atoms with Crippen molar-refractivity contribution in [1.82, 2.24) is 4.90 Å². The summed E-state index contributed by atoms with van der Waals surface area (Å²) < 4.78 is 5.33. The van der Waals surface area contributed by atoms with Crippen LogP contribution in [0, 0.1) is 0 Å². The number of fused-ring (bicyclic) bond motifs is 2. The van der Waals surface area contributed by atoms with E-state index in [2.05, 4.69) is 41.3 Å². The molecule has 2 unspecified atom stereocenters. The molecule has 0 amide bonds. The number of nitrogens with two attached hydrogens (primary N) is 1. The van der Waals surface area contributed by atoms with E-state index >= 15 is 0 Å². The summed E-state index contributed by atoms with van der Waals surface area (Å²) in [7, 11) is 1.71. The number of benzene rings is 2. The zero-order valence-electron chi connectivity index (χ0n) is 12.3. The first kappa shape index (κ1) is 12.9. The smallest absolute Gasteiger partial charge is 0.119 e. The zero-order chi connectivity index (χ0) is 14.4. The molecule has 0 saturated carbocycles. The average molecular weight is 280 g/mol. The van der Waals surface area contributed by atoms with Gasteiger partial charge in [-0.15, -0.1) is 0 Å². The Bertz CT molecular complexity index is 658. The summed E-state index contributed by atoms with van der Waals surface area (Å²) >= 11 is 0. The Morgan fingerprint density at radius 1 is 1.05 bits per heavy atom. The first-order chi connectivity index (χ1) is 10.3. The molecule has 1 heterocycles. The Labute approximate surface area is 125 Å². The molecule has 1 aliphatic heterocycles. The lowest BCUT2D eigenvalue weighted by Gasteiger charge is -2.27. The molecule has 0 bridgehead atoms. The normalized spacial score (nSPS) is 23.9. The van der Waals surface area contributed by atoms with Gasteiger partial charge in [0.15, 0.2) is 0 Å². The van der Waals surface area contributed by atoms with Crippen LogP contribution >= 0.6 is 0 Å². The lowest BCUT2D eigenvalue weighted by atomic mass is 10.1. The third-order valence-electron chi connectivity index (χ3n) is 4.89.